The Kier molecular flexibility index (Phi) is 5.40. The largest absolute Gasteiger partial charge is 0.361 e. The van der Waals surface area contributed by atoms with Gasteiger partial charge in [-0.15, -0.1) is 0 Å². The van der Waals surface area contributed by atoms with E-state index in [0.717, 1.165) is 24.5 Å². The molecule has 0 amide bonds. The summed E-state index contributed by atoms with van der Waals surface area (Å²) in [4.78, 5) is 2.60. The highest BCUT2D eigenvalue weighted by Crippen LogP contribution is 2.13. The van der Waals surface area contributed by atoms with Crippen molar-refractivity contribution in [3.8, 4) is 0 Å². The molecule has 1 N–H and O–H groups in total. The number of likely N-dealkylation sites (tertiary alicyclic amines) is 1. The summed E-state index contributed by atoms with van der Waals surface area (Å²) in [6.45, 7) is 12.0. The maximum absolute atomic E-state index is 5.18. The Hall–Kier alpha value is -0.870. The fourth-order valence-corrected chi connectivity index (χ4v) is 2.85. The van der Waals surface area contributed by atoms with Crippen molar-refractivity contribution in [3.63, 3.8) is 0 Å². The van der Waals surface area contributed by atoms with Gasteiger partial charge in [-0.05, 0) is 52.2 Å². The first-order valence-corrected chi connectivity index (χ1v) is 7.51. The lowest BCUT2D eigenvalue weighted by molar-refractivity contribution is 0.199. The monoisotopic (exact) mass is 265 g/mol. The van der Waals surface area contributed by atoms with E-state index in [0.29, 0.717) is 5.92 Å². The zero-order chi connectivity index (χ0) is 13.7. The number of hydrogen-bond donors (Lipinski definition) is 1. The molecule has 1 unspecified atom stereocenters. The third-order valence-corrected chi connectivity index (χ3v) is 3.99. The maximum Gasteiger partial charge on any atom is 0.138 e. The van der Waals surface area contributed by atoms with Crippen LogP contribution in [0, 0.1) is 19.8 Å². The third kappa shape index (κ3) is 4.32. The van der Waals surface area contributed by atoms with E-state index in [9.17, 15) is 0 Å². The van der Waals surface area contributed by atoms with Gasteiger partial charge in [0.25, 0.3) is 0 Å². The summed E-state index contributed by atoms with van der Waals surface area (Å²) in [6.07, 6.45) is 4.16. The smallest absolute Gasteiger partial charge is 0.138 e. The molecule has 1 aromatic rings. The van der Waals surface area contributed by atoms with Crippen molar-refractivity contribution in [2.75, 3.05) is 26.2 Å². The van der Waals surface area contributed by atoms with Crippen LogP contribution in [0.15, 0.2) is 4.52 Å². The molecule has 2 heterocycles. The number of rotatable bonds is 6. The molecule has 0 spiro atoms. The van der Waals surface area contributed by atoms with Crippen LogP contribution in [0.3, 0.4) is 0 Å². The number of hydrogen-bond acceptors (Lipinski definition) is 4. The molecule has 1 aromatic heterocycles. The van der Waals surface area contributed by atoms with E-state index in [4.69, 9.17) is 4.52 Å². The molecule has 0 aromatic carbocycles. The van der Waals surface area contributed by atoms with Gasteiger partial charge in [0.1, 0.15) is 5.76 Å². The molecule has 1 atom stereocenters. The lowest BCUT2D eigenvalue weighted by Gasteiger charge is -2.29. The molecule has 0 radical (unpaired) electrons. The van der Waals surface area contributed by atoms with Gasteiger partial charge in [0, 0.05) is 18.7 Å². The Morgan fingerprint density at radius 1 is 1.26 bits per heavy atom. The number of piperidine rings is 1. The summed E-state index contributed by atoms with van der Waals surface area (Å²) < 4.78 is 5.18. The molecule has 4 nitrogen and oxygen atoms in total. The first kappa shape index (κ1) is 14.5. The molecular formula is C15H27N3O. The summed E-state index contributed by atoms with van der Waals surface area (Å²) in [5.74, 6) is 1.63. The lowest BCUT2D eigenvalue weighted by atomic mass is 10.1. The van der Waals surface area contributed by atoms with E-state index >= 15 is 0 Å². The number of aryl methyl sites for hydroxylation is 2. The summed E-state index contributed by atoms with van der Waals surface area (Å²) in [5, 5.41) is 7.52. The number of nitrogens with one attached hydrogen (secondary N) is 1. The molecule has 108 valence electrons. The second-order valence-corrected chi connectivity index (χ2v) is 5.90. The second kappa shape index (κ2) is 7.06. The van der Waals surface area contributed by atoms with Crippen LogP contribution in [0.2, 0.25) is 0 Å². The van der Waals surface area contributed by atoms with Crippen LogP contribution < -0.4 is 5.32 Å². The Balaban J connectivity index is 1.67. The van der Waals surface area contributed by atoms with E-state index in [1.165, 1.54) is 44.5 Å². The predicted octanol–water partition coefficient (Wildman–Crippen LogP) is 2.50. The minimum atomic E-state index is 0.693. The van der Waals surface area contributed by atoms with Gasteiger partial charge >= 0.3 is 0 Å². The van der Waals surface area contributed by atoms with Crippen LogP contribution in [0.25, 0.3) is 0 Å². The molecule has 1 saturated heterocycles. The van der Waals surface area contributed by atoms with Gasteiger partial charge in [0.2, 0.25) is 0 Å². The Morgan fingerprint density at radius 3 is 2.63 bits per heavy atom. The molecule has 1 fully saturated rings. The van der Waals surface area contributed by atoms with E-state index < -0.39 is 0 Å². The van der Waals surface area contributed by atoms with E-state index in [1.807, 2.05) is 13.8 Å². The van der Waals surface area contributed by atoms with Gasteiger partial charge in [0.15, 0.2) is 0 Å². The van der Waals surface area contributed by atoms with Crippen LogP contribution in [-0.4, -0.2) is 36.2 Å². The number of aromatic nitrogens is 1. The van der Waals surface area contributed by atoms with Crippen LogP contribution in [0.1, 0.15) is 43.2 Å². The highest BCUT2D eigenvalue weighted by atomic mass is 16.5. The van der Waals surface area contributed by atoms with Crippen LogP contribution in [-0.2, 0) is 6.54 Å². The first-order chi connectivity index (χ1) is 9.16. The Labute approximate surface area is 116 Å². The van der Waals surface area contributed by atoms with Crippen LogP contribution in [0.5, 0.6) is 0 Å². The zero-order valence-electron chi connectivity index (χ0n) is 12.5. The topological polar surface area (TPSA) is 41.3 Å². The van der Waals surface area contributed by atoms with Crippen molar-refractivity contribution >= 4 is 0 Å². The van der Waals surface area contributed by atoms with Gasteiger partial charge in [-0.25, -0.2) is 0 Å². The molecule has 1 aliphatic rings. The standard InChI is InChI=1S/C15H27N3O/c1-12(11-18-7-5-4-6-8-18)9-16-10-15-13(2)17-19-14(15)3/h12,16H,4-11H2,1-3H3. The predicted molar refractivity (Wildman–Crippen MR) is 77.1 cm³/mol. The van der Waals surface area contributed by atoms with Gasteiger partial charge in [-0.1, -0.05) is 18.5 Å². The van der Waals surface area contributed by atoms with Gasteiger partial charge in [-0.3, -0.25) is 0 Å². The molecule has 2 rings (SSSR count). The summed E-state index contributed by atoms with van der Waals surface area (Å²) in [7, 11) is 0. The Morgan fingerprint density at radius 2 is 2.00 bits per heavy atom. The molecule has 19 heavy (non-hydrogen) atoms. The first-order valence-electron chi connectivity index (χ1n) is 7.51. The zero-order valence-corrected chi connectivity index (χ0v) is 12.5. The van der Waals surface area contributed by atoms with Crippen molar-refractivity contribution in [2.45, 2.75) is 46.6 Å². The summed E-state index contributed by atoms with van der Waals surface area (Å²) in [6, 6.07) is 0. The van der Waals surface area contributed by atoms with Crippen molar-refractivity contribution in [2.24, 2.45) is 5.92 Å². The van der Waals surface area contributed by atoms with Gasteiger partial charge in [-0.2, -0.15) is 0 Å². The minimum absolute atomic E-state index is 0.693. The molecule has 4 heteroatoms. The molecular weight excluding hydrogens is 238 g/mol. The van der Waals surface area contributed by atoms with Gasteiger partial charge in [0.05, 0.1) is 5.69 Å². The highest BCUT2D eigenvalue weighted by molar-refractivity contribution is 5.20. The maximum atomic E-state index is 5.18. The van der Waals surface area contributed by atoms with Crippen molar-refractivity contribution < 1.29 is 4.52 Å². The van der Waals surface area contributed by atoms with E-state index in [-0.39, 0.29) is 0 Å². The van der Waals surface area contributed by atoms with Crippen molar-refractivity contribution in [1.82, 2.24) is 15.4 Å². The van der Waals surface area contributed by atoms with Crippen molar-refractivity contribution in [1.29, 1.82) is 0 Å². The normalized spacial score (nSPS) is 18.7. The van der Waals surface area contributed by atoms with Crippen molar-refractivity contribution in [3.05, 3.63) is 17.0 Å². The lowest BCUT2D eigenvalue weighted by Crippen LogP contribution is -2.36. The fourth-order valence-electron chi connectivity index (χ4n) is 2.85. The minimum Gasteiger partial charge on any atom is -0.361 e. The second-order valence-electron chi connectivity index (χ2n) is 5.90. The third-order valence-electron chi connectivity index (χ3n) is 3.99. The average molecular weight is 265 g/mol. The molecule has 0 saturated carbocycles. The SMILES string of the molecule is Cc1noc(C)c1CNCC(C)CN1CCCCC1. The average Bonchev–Trinajstić information content (AvgIpc) is 2.71. The fraction of sp³-hybridized carbons (Fsp3) is 0.800. The molecule has 1 aliphatic heterocycles. The van der Waals surface area contributed by atoms with E-state index in [2.05, 4.69) is 22.3 Å². The number of nitrogens with zero attached hydrogens (tertiary/aromatic N) is 2. The molecule has 0 aliphatic carbocycles. The van der Waals surface area contributed by atoms with Gasteiger partial charge < -0.3 is 14.7 Å². The summed E-state index contributed by atoms with van der Waals surface area (Å²) in [5.41, 5.74) is 2.22. The molecule has 0 bridgehead atoms. The quantitative estimate of drug-likeness (QED) is 0.858. The van der Waals surface area contributed by atoms with Crippen LogP contribution in [0.4, 0.5) is 0 Å². The van der Waals surface area contributed by atoms with Crippen LogP contribution >= 0.6 is 0 Å². The Bertz CT molecular complexity index is 363. The van der Waals surface area contributed by atoms with E-state index in [1.54, 1.807) is 0 Å². The summed E-state index contributed by atoms with van der Waals surface area (Å²) >= 11 is 0. The highest BCUT2D eigenvalue weighted by Gasteiger charge is 2.14.